The third-order valence-electron chi connectivity index (χ3n) is 1.43. The highest BCUT2D eigenvalue weighted by atomic mass is 35.5. The van der Waals surface area contributed by atoms with E-state index in [-0.39, 0.29) is 11.6 Å². The maximum Gasteiger partial charge on any atom is 0.138 e. The fraction of sp³-hybridized carbons (Fsp3) is 0.250. The summed E-state index contributed by atoms with van der Waals surface area (Å²) in [5, 5.41) is 9.67. The van der Waals surface area contributed by atoms with Crippen LogP contribution in [0, 0.1) is 6.92 Å². The standard InChI is InChI=1S/C8H8Cl2O/c1-5-2-6(4-9)8(11)7(10)3-5/h2-3,11H,4H2,1H3. The van der Waals surface area contributed by atoms with Gasteiger partial charge in [0.2, 0.25) is 0 Å². The molecule has 0 spiro atoms. The number of alkyl halides is 1. The third-order valence-corrected chi connectivity index (χ3v) is 2.01. The first kappa shape index (κ1) is 8.69. The van der Waals surface area contributed by atoms with E-state index in [0.717, 1.165) is 5.56 Å². The number of hydrogen-bond acceptors (Lipinski definition) is 1. The maximum atomic E-state index is 9.31. The molecule has 0 fully saturated rings. The van der Waals surface area contributed by atoms with E-state index in [9.17, 15) is 5.11 Å². The summed E-state index contributed by atoms with van der Waals surface area (Å²) in [7, 11) is 0. The predicted molar refractivity (Wildman–Crippen MR) is 47.4 cm³/mol. The number of benzene rings is 1. The Morgan fingerprint density at radius 3 is 2.64 bits per heavy atom. The summed E-state index contributed by atoms with van der Waals surface area (Å²) in [6.07, 6.45) is 0. The number of phenols is 1. The van der Waals surface area contributed by atoms with Crippen LogP contribution >= 0.6 is 23.2 Å². The first-order valence-corrected chi connectivity index (χ1v) is 4.10. The van der Waals surface area contributed by atoms with E-state index in [2.05, 4.69) is 0 Å². The summed E-state index contributed by atoms with van der Waals surface area (Å²) >= 11 is 11.2. The Bertz CT molecular complexity index is 271. The predicted octanol–water partition coefficient (Wildman–Crippen LogP) is 3.09. The van der Waals surface area contributed by atoms with E-state index in [0.29, 0.717) is 10.6 Å². The molecule has 1 rings (SSSR count). The van der Waals surface area contributed by atoms with Gasteiger partial charge in [-0.2, -0.15) is 0 Å². The van der Waals surface area contributed by atoms with Crippen molar-refractivity contribution in [3.8, 4) is 5.75 Å². The molecule has 1 aromatic carbocycles. The average molecular weight is 191 g/mol. The van der Waals surface area contributed by atoms with Gasteiger partial charge in [-0.1, -0.05) is 17.7 Å². The normalized spacial score (nSPS) is 10.1. The monoisotopic (exact) mass is 190 g/mol. The lowest BCUT2D eigenvalue weighted by Gasteiger charge is -2.03. The lowest BCUT2D eigenvalue weighted by atomic mass is 10.1. The average Bonchev–Trinajstić information content (AvgIpc) is 1.96. The Hall–Kier alpha value is -0.400. The topological polar surface area (TPSA) is 20.2 Å². The number of halogens is 2. The van der Waals surface area contributed by atoms with E-state index in [1.54, 1.807) is 6.07 Å². The molecule has 0 aliphatic heterocycles. The molecule has 0 unspecified atom stereocenters. The minimum absolute atomic E-state index is 0.0901. The molecule has 0 saturated heterocycles. The second-order valence-electron chi connectivity index (χ2n) is 2.39. The highest BCUT2D eigenvalue weighted by Crippen LogP contribution is 2.29. The van der Waals surface area contributed by atoms with E-state index in [1.165, 1.54) is 0 Å². The molecule has 1 aromatic rings. The lowest BCUT2D eigenvalue weighted by Crippen LogP contribution is -1.82. The van der Waals surface area contributed by atoms with Crippen molar-refractivity contribution in [1.82, 2.24) is 0 Å². The fourth-order valence-electron chi connectivity index (χ4n) is 0.908. The maximum absolute atomic E-state index is 9.31. The van der Waals surface area contributed by atoms with Crippen LogP contribution in [-0.4, -0.2) is 5.11 Å². The molecular weight excluding hydrogens is 183 g/mol. The van der Waals surface area contributed by atoms with Crippen LogP contribution in [0.4, 0.5) is 0 Å². The Kier molecular flexibility index (Phi) is 2.63. The van der Waals surface area contributed by atoms with Crippen molar-refractivity contribution in [2.45, 2.75) is 12.8 Å². The van der Waals surface area contributed by atoms with Crippen molar-refractivity contribution in [2.24, 2.45) is 0 Å². The van der Waals surface area contributed by atoms with Crippen LogP contribution in [-0.2, 0) is 5.88 Å². The molecule has 0 heterocycles. The van der Waals surface area contributed by atoms with Gasteiger partial charge in [0.25, 0.3) is 0 Å². The van der Waals surface area contributed by atoms with Crippen molar-refractivity contribution in [3.05, 3.63) is 28.3 Å². The van der Waals surface area contributed by atoms with Gasteiger partial charge in [-0.05, 0) is 18.6 Å². The zero-order chi connectivity index (χ0) is 8.43. The van der Waals surface area contributed by atoms with Gasteiger partial charge in [-0.15, -0.1) is 11.6 Å². The molecule has 0 aromatic heterocycles. The molecule has 60 valence electrons. The van der Waals surface area contributed by atoms with Crippen molar-refractivity contribution in [3.63, 3.8) is 0 Å². The van der Waals surface area contributed by atoms with Crippen LogP contribution in [0.3, 0.4) is 0 Å². The molecule has 0 atom stereocenters. The van der Waals surface area contributed by atoms with Gasteiger partial charge in [-0.3, -0.25) is 0 Å². The van der Waals surface area contributed by atoms with Crippen molar-refractivity contribution in [1.29, 1.82) is 0 Å². The van der Waals surface area contributed by atoms with Crippen LogP contribution in [0.5, 0.6) is 5.75 Å². The molecule has 1 N–H and O–H groups in total. The highest BCUT2D eigenvalue weighted by Gasteiger charge is 2.04. The summed E-state index contributed by atoms with van der Waals surface area (Å²) in [6, 6.07) is 3.52. The number of aromatic hydroxyl groups is 1. The van der Waals surface area contributed by atoms with E-state index < -0.39 is 0 Å². The van der Waals surface area contributed by atoms with Gasteiger partial charge < -0.3 is 5.11 Å². The van der Waals surface area contributed by atoms with Gasteiger partial charge in [-0.25, -0.2) is 0 Å². The van der Waals surface area contributed by atoms with Crippen LogP contribution in [0.15, 0.2) is 12.1 Å². The van der Waals surface area contributed by atoms with Crippen LogP contribution in [0.1, 0.15) is 11.1 Å². The highest BCUT2D eigenvalue weighted by molar-refractivity contribution is 6.32. The summed E-state index contributed by atoms with van der Waals surface area (Å²) in [6.45, 7) is 1.90. The smallest absolute Gasteiger partial charge is 0.138 e. The molecule has 0 amide bonds. The molecule has 1 nitrogen and oxygen atoms in total. The van der Waals surface area contributed by atoms with Gasteiger partial charge in [0.1, 0.15) is 5.75 Å². The van der Waals surface area contributed by atoms with Crippen molar-refractivity contribution >= 4 is 23.2 Å². The Balaban J connectivity index is 3.24. The quantitative estimate of drug-likeness (QED) is 0.676. The Labute approximate surface area is 75.6 Å². The zero-order valence-corrected chi connectivity index (χ0v) is 7.58. The molecule has 3 heteroatoms. The number of hydrogen-bond donors (Lipinski definition) is 1. The van der Waals surface area contributed by atoms with Crippen molar-refractivity contribution in [2.75, 3.05) is 0 Å². The lowest BCUT2D eigenvalue weighted by molar-refractivity contribution is 0.470. The zero-order valence-electron chi connectivity index (χ0n) is 6.06. The largest absolute Gasteiger partial charge is 0.506 e. The van der Waals surface area contributed by atoms with Gasteiger partial charge in [0.05, 0.1) is 10.9 Å². The van der Waals surface area contributed by atoms with Gasteiger partial charge in [0.15, 0.2) is 0 Å². The summed E-state index contributed by atoms with van der Waals surface area (Å²) in [5.74, 6) is 0.375. The molecule has 0 aliphatic rings. The fourth-order valence-corrected chi connectivity index (χ4v) is 1.41. The first-order chi connectivity index (χ1) is 5.15. The summed E-state index contributed by atoms with van der Waals surface area (Å²) in [5.41, 5.74) is 1.68. The molecule has 0 radical (unpaired) electrons. The molecular formula is C8H8Cl2O. The van der Waals surface area contributed by atoms with Gasteiger partial charge >= 0.3 is 0 Å². The second-order valence-corrected chi connectivity index (χ2v) is 3.06. The minimum atomic E-state index is 0.0901. The van der Waals surface area contributed by atoms with Gasteiger partial charge in [0, 0.05) is 5.56 Å². The van der Waals surface area contributed by atoms with E-state index in [4.69, 9.17) is 23.2 Å². The molecule has 0 bridgehead atoms. The molecule has 11 heavy (non-hydrogen) atoms. The molecule has 0 saturated carbocycles. The van der Waals surface area contributed by atoms with Crippen LogP contribution in [0.2, 0.25) is 5.02 Å². The minimum Gasteiger partial charge on any atom is -0.506 e. The Morgan fingerprint density at radius 2 is 2.09 bits per heavy atom. The first-order valence-electron chi connectivity index (χ1n) is 3.19. The van der Waals surface area contributed by atoms with Crippen LogP contribution < -0.4 is 0 Å². The van der Waals surface area contributed by atoms with E-state index in [1.807, 2.05) is 13.0 Å². The summed E-state index contributed by atoms with van der Waals surface area (Å²) < 4.78 is 0. The number of aryl methyl sites for hydroxylation is 1. The van der Waals surface area contributed by atoms with Crippen LogP contribution in [0.25, 0.3) is 0 Å². The SMILES string of the molecule is Cc1cc(Cl)c(O)c(CCl)c1. The third kappa shape index (κ3) is 1.79. The van der Waals surface area contributed by atoms with E-state index >= 15 is 0 Å². The Morgan fingerprint density at radius 1 is 1.45 bits per heavy atom. The second kappa shape index (κ2) is 3.33. The van der Waals surface area contributed by atoms with Crippen molar-refractivity contribution < 1.29 is 5.11 Å². The summed E-state index contributed by atoms with van der Waals surface area (Å²) in [4.78, 5) is 0. The number of phenolic OH excluding ortho intramolecular Hbond substituents is 1. The number of rotatable bonds is 1. The molecule has 0 aliphatic carbocycles.